The van der Waals surface area contributed by atoms with Crippen LogP contribution in [0.25, 0.3) is 0 Å². The molecule has 2 nitrogen and oxygen atoms in total. The summed E-state index contributed by atoms with van der Waals surface area (Å²) in [5.74, 6) is -0.272. The molecule has 0 saturated carbocycles. The summed E-state index contributed by atoms with van der Waals surface area (Å²) in [5.41, 5.74) is 7.10. The lowest BCUT2D eigenvalue weighted by Crippen LogP contribution is -2.26. The maximum atomic E-state index is 13.3. The molecule has 3 heteroatoms. The monoisotopic (exact) mass is 211 g/mol. The molecule has 0 bridgehead atoms. The van der Waals surface area contributed by atoms with Crippen LogP contribution in [0.2, 0.25) is 0 Å². The molecule has 1 rings (SSSR count). The number of hydrogen-bond donors (Lipinski definition) is 2. The Hall–Kier alpha value is -0.930. The second kappa shape index (κ2) is 5.24. The van der Waals surface area contributed by atoms with E-state index < -0.39 is 12.1 Å². The predicted octanol–water partition coefficient (Wildman–Crippen LogP) is 2.29. The molecule has 0 saturated heterocycles. The molecular weight excluding hydrogens is 193 g/mol. The van der Waals surface area contributed by atoms with E-state index in [1.54, 1.807) is 19.1 Å². The van der Waals surface area contributed by atoms with Gasteiger partial charge in [-0.25, -0.2) is 4.39 Å². The lowest BCUT2D eigenvalue weighted by Gasteiger charge is -2.20. The van der Waals surface area contributed by atoms with E-state index in [9.17, 15) is 9.50 Å². The molecule has 0 spiro atoms. The number of aliphatic hydroxyl groups excluding tert-OH is 1. The van der Waals surface area contributed by atoms with Gasteiger partial charge in [0.1, 0.15) is 5.82 Å². The van der Waals surface area contributed by atoms with E-state index in [1.165, 1.54) is 6.07 Å². The molecule has 1 aromatic rings. The van der Waals surface area contributed by atoms with Gasteiger partial charge in [0.25, 0.3) is 0 Å². The number of benzene rings is 1. The maximum Gasteiger partial charge on any atom is 0.126 e. The van der Waals surface area contributed by atoms with Gasteiger partial charge < -0.3 is 10.8 Å². The highest BCUT2D eigenvalue weighted by Crippen LogP contribution is 2.22. The zero-order valence-electron chi connectivity index (χ0n) is 9.20. The predicted molar refractivity (Wildman–Crippen MR) is 59.0 cm³/mol. The van der Waals surface area contributed by atoms with Gasteiger partial charge >= 0.3 is 0 Å². The number of halogens is 1. The van der Waals surface area contributed by atoms with E-state index in [0.717, 1.165) is 6.42 Å². The van der Waals surface area contributed by atoms with Crippen LogP contribution in [0.5, 0.6) is 0 Å². The Labute approximate surface area is 89.9 Å². The number of aliphatic hydroxyl groups is 1. The van der Waals surface area contributed by atoms with E-state index in [-0.39, 0.29) is 5.82 Å². The van der Waals surface area contributed by atoms with Crippen molar-refractivity contribution in [2.75, 3.05) is 0 Å². The fourth-order valence-corrected chi connectivity index (χ4v) is 1.67. The molecule has 0 amide bonds. The Kier molecular flexibility index (Phi) is 4.24. The van der Waals surface area contributed by atoms with E-state index in [4.69, 9.17) is 5.73 Å². The van der Waals surface area contributed by atoms with Crippen LogP contribution in [0, 0.1) is 12.7 Å². The molecule has 3 N–H and O–H groups in total. The summed E-state index contributed by atoms with van der Waals surface area (Å²) in [7, 11) is 0. The van der Waals surface area contributed by atoms with Crippen LogP contribution in [0.4, 0.5) is 4.39 Å². The molecule has 15 heavy (non-hydrogen) atoms. The van der Waals surface area contributed by atoms with Crippen LogP contribution in [-0.4, -0.2) is 11.2 Å². The van der Waals surface area contributed by atoms with Crippen LogP contribution < -0.4 is 5.73 Å². The normalized spacial score (nSPS) is 15.0. The third kappa shape index (κ3) is 2.76. The van der Waals surface area contributed by atoms with Crippen molar-refractivity contribution in [3.8, 4) is 0 Å². The SMILES string of the molecule is CCC[C@H](O)[C@H](N)c1cccc(F)c1C. The summed E-state index contributed by atoms with van der Waals surface area (Å²) < 4.78 is 13.3. The van der Waals surface area contributed by atoms with Crippen LogP contribution in [0.3, 0.4) is 0 Å². The van der Waals surface area contributed by atoms with Crippen LogP contribution in [-0.2, 0) is 0 Å². The van der Waals surface area contributed by atoms with Gasteiger partial charge in [0.15, 0.2) is 0 Å². The van der Waals surface area contributed by atoms with Crippen molar-refractivity contribution in [2.24, 2.45) is 5.73 Å². The molecule has 1 aromatic carbocycles. The Morgan fingerprint density at radius 2 is 2.13 bits per heavy atom. The van der Waals surface area contributed by atoms with E-state index in [1.807, 2.05) is 6.92 Å². The van der Waals surface area contributed by atoms with E-state index in [2.05, 4.69) is 0 Å². The van der Waals surface area contributed by atoms with Gasteiger partial charge in [-0.2, -0.15) is 0 Å². The molecule has 0 aliphatic heterocycles. The average molecular weight is 211 g/mol. The molecule has 0 unspecified atom stereocenters. The van der Waals surface area contributed by atoms with Crippen molar-refractivity contribution in [2.45, 2.75) is 38.8 Å². The second-order valence-corrected chi connectivity index (χ2v) is 3.84. The smallest absolute Gasteiger partial charge is 0.126 e. The molecule has 0 aromatic heterocycles. The standard InChI is InChI=1S/C12H18FNO/c1-3-5-11(15)12(14)9-6-4-7-10(13)8(9)2/h4,6-7,11-12,15H,3,5,14H2,1-2H3/t11-,12+/m0/s1. The minimum atomic E-state index is -0.601. The Morgan fingerprint density at radius 1 is 1.47 bits per heavy atom. The first-order chi connectivity index (χ1) is 7.07. The van der Waals surface area contributed by atoms with Crippen molar-refractivity contribution < 1.29 is 9.50 Å². The lowest BCUT2D eigenvalue weighted by atomic mass is 9.95. The Balaban J connectivity index is 2.90. The van der Waals surface area contributed by atoms with Crippen molar-refractivity contribution in [3.63, 3.8) is 0 Å². The fraction of sp³-hybridized carbons (Fsp3) is 0.500. The summed E-state index contributed by atoms with van der Waals surface area (Å²) in [5, 5.41) is 9.74. The Morgan fingerprint density at radius 3 is 2.73 bits per heavy atom. The molecular formula is C12H18FNO. The topological polar surface area (TPSA) is 46.2 Å². The highest BCUT2D eigenvalue weighted by Gasteiger charge is 2.18. The second-order valence-electron chi connectivity index (χ2n) is 3.84. The van der Waals surface area contributed by atoms with Crippen molar-refractivity contribution >= 4 is 0 Å². The molecule has 0 aliphatic carbocycles. The van der Waals surface area contributed by atoms with Gasteiger partial charge in [0.2, 0.25) is 0 Å². The van der Waals surface area contributed by atoms with Gasteiger partial charge in [0.05, 0.1) is 12.1 Å². The van der Waals surface area contributed by atoms with Crippen molar-refractivity contribution in [3.05, 3.63) is 35.1 Å². The van der Waals surface area contributed by atoms with Crippen LogP contribution in [0.15, 0.2) is 18.2 Å². The van der Waals surface area contributed by atoms with Gasteiger partial charge in [-0.3, -0.25) is 0 Å². The minimum absolute atomic E-state index is 0.272. The maximum absolute atomic E-state index is 13.3. The average Bonchev–Trinajstić information content (AvgIpc) is 2.21. The highest BCUT2D eigenvalue weighted by atomic mass is 19.1. The molecule has 2 atom stereocenters. The summed E-state index contributed by atoms with van der Waals surface area (Å²) >= 11 is 0. The van der Waals surface area contributed by atoms with Gasteiger partial charge in [0, 0.05) is 0 Å². The largest absolute Gasteiger partial charge is 0.391 e. The first kappa shape index (κ1) is 12.1. The number of rotatable bonds is 4. The summed E-state index contributed by atoms with van der Waals surface area (Å²) in [6.45, 7) is 3.66. The van der Waals surface area contributed by atoms with Gasteiger partial charge in [-0.05, 0) is 30.5 Å². The number of hydrogen-bond acceptors (Lipinski definition) is 2. The first-order valence-electron chi connectivity index (χ1n) is 5.26. The van der Waals surface area contributed by atoms with Crippen molar-refractivity contribution in [1.82, 2.24) is 0 Å². The zero-order chi connectivity index (χ0) is 11.4. The highest BCUT2D eigenvalue weighted by molar-refractivity contribution is 5.30. The third-order valence-corrected chi connectivity index (χ3v) is 2.67. The number of nitrogens with two attached hydrogens (primary N) is 1. The van der Waals surface area contributed by atoms with Crippen LogP contribution in [0.1, 0.15) is 36.9 Å². The molecule has 84 valence electrons. The molecule has 0 fully saturated rings. The zero-order valence-corrected chi connectivity index (χ0v) is 9.20. The summed E-state index contributed by atoms with van der Waals surface area (Å²) in [4.78, 5) is 0. The summed E-state index contributed by atoms with van der Waals surface area (Å²) in [6.07, 6.45) is 0.899. The molecule has 0 aliphatic rings. The van der Waals surface area contributed by atoms with Gasteiger partial charge in [-0.15, -0.1) is 0 Å². The lowest BCUT2D eigenvalue weighted by molar-refractivity contribution is 0.134. The third-order valence-electron chi connectivity index (χ3n) is 2.67. The van der Waals surface area contributed by atoms with Crippen molar-refractivity contribution in [1.29, 1.82) is 0 Å². The first-order valence-corrected chi connectivity index (χ1v) is 5.26. The van der Waals surface area contributed by atoms with Crippen LogP contribution >= 0.6 is 0 Å². The van der Waals surface area contributed by atoms with Gasteiger partial charge in [-0.1, -0.05) is 25.5 Å². The molecule has 0 heterocycles. The minimum Gasteiger partial charge on any atom is -0.391 e. The molecule has 0 radical (unpaired) electrons. The Bertz CT molecular complexity index is 327. The van der Waals surface area contributed by atoms with E-state index in [0.29, 0.717) is 17.5 Å². The summed E-state index contributed by atoms with van der Waals surface area (Å²) in [6, 6.07) is 4.29. The van der Waals surface area contributed by atoms with E-state index >= 15 is 0 Å². The fourth-order valence-electron chi connectivity index (χ4n) is 1.67. The quantitative estimate of drug-likeness (QED) is 0.802.